The molecule has 7 heteroatoms. The molecule has 5 atom stereocenters. The van der Waals surface area contributed by atoms with Crippen LogP contribution < -0.4 is 0 Å². The average Bonchev–Trinajstić information content (AvgIpc) is 2.88. The summed E-state index contributed by atoms with van der Waals surface area (Å²) in [6, 6.07) is 0. The van der Waals surface area contributed by atoms with E-state index in [1.54, 1.807) is 6.92 Å². The summed E-state index contributed by atoms with van der Waals surface area (Å²) in [5.41, 5.74) is -1.40. The van der Waals surface area contributed by atoms with Crippen molar-refractivity contribution in [2.75, 3.05) is 25.2 Å². The van der Waals surface area contributed by atoms with Crippen LogP contribution in [0.25, 0.3) is 0 Å². The number of ether oxygens (including phenoxy) is 2. The number of esters is 2. The molecule has 0 aromatic heterocycles. The van der Waals surface area contributed by atoms with Gasteiger partial charge in [0.2, 0.25) is 0 Å². The number of aliphatic hydroxyl groups is 1. The first kappa shape index (κ1) is 17.4. The van der Waals surface area contributed by atoms with E-state index in [-0.39, 0.29) is 34.8 Å². The Labute approximate surface area is 145 Å². The van der Waals surface area contributed by atoms with E-state index in [1.165, 1.54) is 13.5 Å². The second kappa shape index (κ2) is 6.15. The molecule has 0 aromatic rings. The highest BCUT2D eigenvalue weighted by Crippen LogP contribution is 2.66. The van der Waals surface area contributed by atoms with Crippen molar-refractivity contribution in [3.63, 3.8) is 0 Å². The van der Waals surface area contributed by atoms with Crippen LogP contribution in [0.3, 0.4) is 0 Å². The van der Waals surface area contributed by atoms with E-state index in [9.17, 15) is 14.7 Å². The SMILES string of the molecule is COC(=O)CC1C(O)[C@]2(C)C(=O)OC[C@]2(C)C1C1SCCCS1. The number of thioether (sulfide) groups is 2. The molecule has 0 bridgehead atoms. The van der Waals surface area contributed by atoms with Crippen LogP contribution in [-0.2, 0) is 19.1 Å². The second-order valence-electron chi connectivity index (χ2n) is 7.07. The third kappa shape index (κ3) is 2.42. The normalized spacial score (nSPS) is 44.0. The highest BCUT2D eigenvalue weighted by Gasteiger charge is 2.73. The monoisotopic (exact) mass is 360 g/mol. The minimum Gasteiger partial charge on any atom is -0.469 e. The molecule has 3 aliphatic rings. The third-order valence-electron chi connectivity index (χ3n) is 6.08. The number of fused-ring (bicyclic) bond motifs is 1. The molecule has 3 rings (SSSR count). The second-order valence-corrected chi connectivity index (χ2v) is 9.87. The maximum absolute atomic E-state index is 12.4. The first-order chi connectivity index (χ1) is 10.9. The fourth-order valence-electron chi connectivity index (χ4n) is 4.48. The van der Waals surface area contributed by atoms with E-state index < -0.39 is 16.9 Å². The summed E-state index contributed by atoms with van der Waals surface area (Å²) in [6.07, 6.45) is 0.444. The van der Waals surface area contributed by atoms with Crippen molar-refractivity contribution < 1.29 is 24.2 Å². The van der Waals surface area contributed by atoms with E-state index in [4.69, 9.17) is 9.47 Å². The van der Waals surface area contributed by atoms with Crippen molar-refractivity contribution in [1.82, 2.24) is 0 Å². The van der Waals surface area contributed by atoms with E-state index in [1.807, 2.05) is 30.4 Å². The summed E-state index contributed by atoms with van der Waals surface area (Å²) in [5, 5.41) is 11.0. The molecule has 5 nitrogen and oxygen atoms in total. The standard InChI is InChI=1S/C16H24O5S2/c1-15-8-21-14(19)16(15,2)12(18)9(7-10(17)20-3)11(15)13-22-5-4-6-23-13/h9,11-13,18H,4-8H2,1-3H3/t9?,11?,12?,15-,16-/m1/s1. The predicted octanol–water partition coefficient (Wildman–Crippen LogP) is 1.92. The largest absolute Gasteiger partial charge is 0.469 e. The van der Waals surface area contributed by atoms with Crippen LogP contribution in [-0.4, -0.2) is 53.0 Å². The molecule has 0 aromatic carbocycles. The van der Waals surface area contributed by atoms with Gasteiger partial charge in [-0.05, 0) is 30.8 Å². The predicted molar refractivity (Wildman–Crippen MR) is 90.1 cm³/mol. The summed E-state index contributed by atoms with van der Waals surface area (Å²) in [5.74, 6) is 1.27. The summed E-state index contributed by atoms with van der Waals surface area (Å²) in [7, 11) is 1.36. The van der Waals surface area contributed by atoms with E-state index >= 15 is 0 Å². The maximum atomic E-state index is 12.4. The highest BCUT2D eigenvalue weighted by molar-refractivity contribution is 8.17. The number of hydrogen-bond acceptors (Lipinski definition) is 7. The summed E-state index contributed by atoms with van der Waals surface area (Å²) >= 11 is 3.76. The lowest BCUT2D eigenvalue weighted by Crippen LogP contribution is -2.44. The van der Waals surface area contributed by atoms with Gasteiger partial charge in [-0.3, -0.25) is 9.59 Å². The zero-order chi connectivity index (χ0) is 16.8. The topological polar surface area (TPSA) is 72.8 Å². The van der Waals surface area contributed by atoms with Crippen molar-refractivity contribution >= 4 is 35.5 Å². The van der Waals surface area contributed by atoms with Crippen LogP contribution in [0.2, 0.25) is 0 Å². The highest BCUT2D eigenvalue weighted by atomic mass is 32.2. The van der Waals surface area contributed by atoms with Crippen molar-refractivity contribution in [1.29, 1.82) is 0 Å². The lowest BCUT2D eigenvalue weighted by molar-refractivity contribution is -0.153. The third-order valence-corrected chi connectivity index (χ3v) is 9.19. The fraction of sp³-hybridized carbons (Fsp3) is 0.875. The van der Waals surface area contributed by atoms with Crippen LogP contribution in [0.15, 0.2) is 0 Å². The van der Waals surface area contributed by atoms with Gasteiger partial charge in [0.05, 0.1) is 30.8 Å². The quantitative estimate of drug-likeness (QED) is 0.771. The molecule has 1 saturated carbocycles. The van der Waals surface area contributed by atoms with Crippen LogP contribution in [0, 0.1) is 22.7 Å². The minimum atomic E-state index is -0.949. The van der Waals surface area contributed by atoms with E-state index in [0.717, 1.165) is 11.5 Å². The zero-order valence-electron chi connectivity index (χ0n) is 13.7. The lowest BCUT2D eigenvalue weighted by atomic mass is 9.66. The van der Waals surface area contributed by atoms with Crippen molar-refractivity contribution in [3.05, 3.63) is 0 Å². The molecular formula is C16H24O5S2. The molecule has 0 amide bonds. The number of carbonyl (C=O) groups is 2. The van der Waals surface area contributed by atoms with Crippen molar-refractivity contribution in [2.45, 2.75) is 37.4 Å². The summed E-state index contributed by atoms with van der Waals surface area (Å²) in [4.78, 5) is 24.3. The molecule has 130 valence electrons. The van der Waals surface area contributed by atoms with Gasteiger partial charge in [-0.1, -0.05) is 6.92 Å². The van der Waals surface area contributed by atoms with Crippen LogP contribution in [0.4, 0.5) is 0 Å². The van der Waals surface area contributed by atoms with Gasteiger partial charge in [0, 0.05) is 11.3 Å². The van der Waals surface area contributed by atoms with Crippen molar-refractivity contribution in [2.24, 2.45) is 22.7 Å². The van der Waals surface area contributed by atoms with Crippen molar-refractivity contribution in [3.8, 4) is 0 Å². The van der Waals surface area contributed by atoms with Gasteiger partial charge in [0.1, 0.15) is 5.41 Å². The van der Waals surface area contributed by atoms with Gasteiger partial charge in [-0.2, -0.15) is 0 Å². The van der Waals surface area contributed by atoms with Gasteiger partial charge < -0.3 is 14.6 Å². The molecule has 2 saturated heterocycles. The van der Waals surface area contributed by atoms with Crippen LogP contribution in [0.1, 0.15) is 26.7 Å². The minimum absolute atomic E-state index is 0.0448. The fourth-order valence-corrected chi connectivity index (χ4v) is 8.13. The molecule has 2 aliphatic heterocycles. The van der Waals surface area contributed by atoms with Gasteiger partial charge in [0.15, 0.2) is 0 Å². The Kier molecular flexibility index (Phi) is 4.66. The molecule has 23 heavy (non-hydrogen) atoms. The van der Waals surface area contributed by atoms with Gasteiger partial charge in [-0.15, -0.1) is 23.5 Å². The Morgan fingerprint density at radius 3 is 2.65 bits per heavy atom. The molecule has 1 aliphatic carbocycles. The molecule has 2 heterocycles. The number of rotatable bonds is 3. The summed E-state index contributed by atoms with van der Waals surface area (Å²) in [6.45, 7) is 4.16. The Bertz CT molecular complexity index is 507. The summed E-state index contributed by atoms with van der Waals surface area (Å²) < 4.78 is 10.5. The Balaban J connectivity index is 1.99. The lowest BCUT2D eigenvalue weighted by Gasteiger charge is -2.40. The smallest absolute Gasteiger partial charge is 0.315 e. The van der Waals surface area contributed by atoms with Crippen LogP contribution >= 0.6 is 23.5 Å². The molecule has 3 unspecified atom stereocenters. The van der Waals surface area contributed by atoms with Gasteiger partial charge >= 0.3 is 11.9 Å². The van der Waals surface area contributed by atoms with Crippen LogP contribution in [0.5, 0.6) is 0 Å². The number of aliphatic hydroxyl groups excluding tert-OH is 1. The maximum Gasteiger partial charge on any atom is 0.315 e. The van der Waals surface area contributed by atoms with E-state index in [0.29, 0.717) is 6.61 Å². The Morgan fingerprint density at radius 2 is 2.04 bits per heavy atom. The number of hydrogen-bond donors (Lipinski definition) is 1. The zero-order valence-corrected chi connectivity index (χ0v) is 15.4. The number of carbonyl (C=O) groups excluding carboxylic acids is 2. The molecule has 3 fully saturated rings. The van der Waals surface area contributed by atoms with Gasteiger partial charge in [0.25, 0.3) is 0 Å². The van der Waals surface area contributed by atoms with Gasteiger partial charge in [-0.25, -0.2) is 0 Å². The number of methoxy groups -OCH3 is 1. The Hall–Kier alpha value is -0.400. The number of cyclic esters (lactones) is 1. The Morgan fingerprint density at radius 1 is 1.39 bits per heavy atom. The van der Waals surface area contributed by atoms with E-state index in [2.05, 4.69) is 0 Å². The first-order valence-electron chi connectivity index (χ1n) is 8.01. The molecule has 1 N–H and O–H groups in total. The first-order valence-corrected chi connectivity index (χ1v) is 10.1. The molecule has 0 spiro atoms. The average molecular weight is 360 g/mol. The molecular weight excluding hydrogens is 336 g/mol. The molecule has 0 radical (unpaired) electrons.